The van der Waals surface area contributed by atoms with Gasteiger partial charge >= 0.3 is 0 Å². The Kier molecular flexibility index (Phi) is 5.81. The third-order valence-corrected chi connectivity index (χ3v) is 4.47. The molecule has 2 aromatic carbocycles. The lowest BCUT2D eigenvalue weighted by atomic mass is 10.0. The molecule has 1 aromatic heterocycles. The summed E-state index contributed by atoms with van der Waals surface area (Å²) in [6.07, 6.45) is 4.26. The van der Waals surface area contributed by atoms with Gasteiger partial charge in [0.1, 0.15) is 11.5 Å². The highest BCUT2D eigenvalue weighted by molar-refractivity contribution is 5.93. The summed E-state index contributed by atoms with van der Waals surface area (Å²) in [6, 6.07) is 17.4. The number of aromatic nitrogens is 1. The van der Waals surface area contributed by atoms with Crippen LogP contribution in [0.2, 0.25) is 0 Å². The molecule has 0 fully saturated rings. The molecular weight excluding hydrogens is 340 g/mol. The van der Waals surface area contributed by atoms with Crippen molar-refractivity contribution in [2.45, 2.75) is 19.4 Å². The highest BCUT2D eigenvalue weighted by atomic mass is 16.5. The molecule has 5 heteroatoms. The van der Waals surface area contributed by atoms with Crippen molar-refractivity contribution in [1.82, 2.24) is 4.57 Å². The lowest BCUT2D eigenvalue weighted by Gasteiger charge is -2.20. The number of methoxy groups -OCH3 is 2. The number of anilines is 1. The van der Waals surface area contributed by atoms with E-state index >= 15 is 0 Å². The van der Waals surface area contributed by atoms with Gasteiger partial charge in [-0.2, -0.15) is 0 Å². The Morgan fingerprint density at radius 2 is 1.81 bits per heavy atom. The number of carbonyl (C=O) groups is 1. The minimum atomic E-state index is -0.0956. The van der Waals surface area contributed by atoms with Gasteiger partial charge in [0, 0.05) is 18.5 Å². The predicted octanol–water partition coefficient (Wildman–Crippen LogP) is 4.43. The normalized spacial score (nSPS) is 11.7. The largest absolute Gasteiger partial charge is 0.497 e. The van der Waals surface area contributed by atoms with Crippen LogP contribution in [0.5, 0.6) is 11.5 Å². The average molecular weight is 364 g/mol. The molecule has 0 bridgehead atoms. The van der Waals surface area contributed by atoms with Gasteiger partial charge < -0.3 is 19.4 Å². The molecule has 1 amide bonds. The molecule has 0 radical (unpaired) electrons. The number of ether oxygens (including phenoxy) is 2. The Balaban J connectivity index is 1.83. The summed E-state index contributed by atoms with van der Waals surface area (Å²) < 4.78 is 12.6. The quantitative estimate of drug-likeness (QED) is 0.675. The maximum Gasteiger partial charge on any atom is 0.226 e. The van der Waals surface area contributed by atoms with Crippen molar-refractivity contribution in [1.29, 1.82) is 0 Å². The molecular formula is C22H24N2O3. The number of aryl methyl sites for hydroxylation is 1. The highest BCUT2D eigenvalue weighted by Gasteiger charge is 2.19. The Hall–Kier alpha value is -3.21. The number of hydrogen-bond donors (Lipinski definition) is 1. The molecule has 0 aliphatic carbocycles. The van der Waals surface area contributed by atoms with Crippen molar-refractivity contribution in [3.05, 3.63) is 78.1 Å². The fraction of sp³-hybridized carbons (Fsp3) is 0.227. The van der Waals surface area contributed by atoms with Gasteiger partial charge in [0.25, 0.3) is 0 Å². The van der Waals surface area contributed by atoms with Crippen LogP contribution in [-0.2, 0) is 4.79 Å². The van der Waals surface area contributed by atoms with Crippen LogP contribution in [0, 0.1) is 6.92 Å². The summed E-state index contributed by atoms with van der Waals surface area (Å²) in [6.45, 7) is 2.05. The summed E-state index contributed by atoms with van der Waals surface area (Å²) in [7, 11) is 3.17. The maximum atomic E-state index is 12.8. The van der Waals surface area contributed by atoms with Crippen molar-refractivity contribution >= 4 is 11.6 Å². The molecule has 1 N–H and O–H groups in total. The van der Waals surface area contributed by atoms with Crippen LogP contribution >= 0.6 is 0 Å². The van der Waals surface area contributed by atoms with E-state index in [9.17, 15) is 4.79 Å². The molecule has 0 saturated carbocycles. The fourth-order valence-electron chi connectivity index (χ4n) is 3.12. The zero-order chi connectivity index (χ0) is 19.2. The van der Waals surface area contributed by atoms with Crippen molar-refractivity contribution < 1.29 is 14.3 Å². The molecule has 0 aliphatic heterocycles. The van der Waals surface area contributed by atoms with Crippen LogP contribution in [-0.4, -0.2) is 24.7 Å². The van der Waals surface area contributed by atoms with Gasteiger partial charge in [-0.3, -0.25) is 4.79 Å². The van der Waals surface area contributed by atoms with E-state index in [1.807, 2.05) is 30.6 Å². The average Bonchev–Trinajstić information content (AvgIpc) is 3.20. The van der Waals surface area contributed by atoms with Crippen LogP contribution in [0.1, 0.15) is 23.6 Å². The van der Waals surface area contributed by atoms with Gasteiger partial charge in [-0.25, -0.2) is 0 Å². The lowest BCUT2D eigenvalue weighted by Crippen LogP contribution is -2.20. The fourth-order valence-corrected chi connectivity index (χ4v) is 3.12. The van der Waals surface area contributed by atoms with Crippen LogP contribution in [0.25, 0.3) is 0 Å². The van der Waals surface area contributed by atoms with E-state index in [0.29, 0.717) is 23.6 Å². The minimum absolute atomic E-state index is 0.0866. The number of benzene rings is 2. The van der Waals surface area contributed by atoms with Gasteiger partial charge in [0.15, 0.2) is 0 Å². The molecule has 0 spiro atoms. The number of amides is 1. The SMILES string of the molecule is COc1ccc(OC)c(NC(=O)C[C@H](c2cccc(C)c2)n2cccc2)c1. The molecule has 140 valence electrons. The number of nitrogens with one attached hydrogen (secondary N) is 1. The number of hydrogen-bond acceptors (Lipinski definition) is 3. The molecule has 27 heavy (non-hydrogen) atoms. The Morgan fingerprint density at radius 3 is 2.48 bits per heavy atom. The van der Waals surface area contributed by atoms with E-state index in [0.717, 1.165) is 5.56 Å². The third-order valence-electron chi connectivity index (χ3n) is 4.47. The summed E-state index contributed by atoms with van der Waals surface area (Å²) in [4.78, 5) is 12.8. The van der Waals surface area contributed by atoms with E-state index in [-0.39, 0.29) is 11.9 Å². The zero-order valence-electron chi connectivity index (χ0n) is 15.8. The molecule has 1 atom stereocenters. The summed E-state index contributed by atoms with van der Waals surface area (Å²) in [5, 5.41) is 2.96. The molecule has 1 heterocycles. The van der Waals surface area contributed by atoms with E-state index in [1.165, 1.54) is 5.56 Å². The first-order valence-corrected chi connectivity index (χ1v) is 8.81. The first-order chi connectivity index (χ1) is 13.1. The molecule has 0 saturated heterocycles. The molecule has 3 rings (SSSR count). The second-order valence-electron chi connectivity index (χ2n) is 6.38. The van der Waals surface area contributed by atoms with E-state index in [1.54, 1.807) is 32.4 Å². The van der Waals surface area contributed by atoms with Gasteiger partial charge in [-0.05, 0) is 36.8 Å². The molecule has 0 aliphatic rings. The first kappa shape index (κ1) is 18.6. The topological polar surface area (TPSA) is 52.5 Å². The summed E-state index contributed by atoms with van der Waals surface area (Å²) >= 11 is 0. The van der Waals surface area contributed by atoms with Gasteiger partial charge in [0.05, 0.1) is 32.4 Å². The smallest absolute Gasteiger partial charge is 0.226 e. The first-order valence-electron chi connectivity index (χ1n) is 8.81. The monoisotopic (exact) mass is 364 g/mol. The Labute approximate surface area is 159 Å². The number of nitrogens with zero attached hydrogens (tertiary/aromatic N) is 1. The number of carbonyl (C=O) groups excluding carboxylic acids is 1. The van der Waals surface area contributed by atoms with Crippen molar-refractivity contribution in [2.24, 2.45) is 0 Å². The van der Waals surface area contributed by atoms with Crippen molar-refractivity contribution in [2.75, 3.05) is 19.5 Å². The minimum Gasteiger partial charge on any atom is -0.497 e. The third kappa shape index (κ3) is 4.50. The second kappa shape index (κ2) is 8.45. The maximum absolute atomic E-state index is 12.8. The van der Waals surface area contributed by atoms with Crippen LogP contribution < -0.4 is 14.8 Å². The Morgan fingerprint density at radius 1 is 1.04 bits per heavy atom. The number of rotatable bonds is 7. The predicted molar refractivity (Wildman–Crippen MR) is 107 cm³/mol. The standard InChI is InChI=1S/C22H24N2O3/c1-16-7-6-8-17(13-16)20(24-11-4-5-12-24)15-22(25)23-19-14-18(26-2)9-10-21(19)27-3/h4-14,20H,15H2,1-3H3,(H,23,25)/t20-/m1/s1. The Bertz CT molecular complexity index is 904. The summed E-state index contributed by atoms with van der Waals surface area (Å²) in [5.74, 6) is 1.16. The van der Waals surface area contributed by atoms with Crippen molar-refractivity contribution in [3.8, 4) is 11.5 Å². The molecule has 3 aromatic rings. The molecule has 0 unspecified atom stereocenters. The van der Waals surface area contributed by atoms with E-state index < -0.39 is 0 Å². The highest BCUT2D eigenvalue weighted by Crippen LogP contribution is 2.30. The van der Waals surface area contributed by atoms with Crippen molar-refractivity contribution in [3.63, 3.8) is 0 Å². The lowest BCUT2D eigenvalue weighted by molar-refractivity contribution is -0.116. The zero-order valence-corrected chi connectivity index (χ0v) is 15.8. The summed E-state index contributed by atoms with van der Waals surface area (Å²) in [5.41, 5.74) is 2.86. The van der Waals surface area contributed by atoms with Gasteiger partial charge in [-0.1, -0.05) is 29.8 Å². The van der Waals surface area contributed by atoms with Gasteiger partial charge in [-0.15, -0.1) is 0 Å². The van der Waals surface area contributed by atoms with Crippen LogP contribution in [0.3, 0.4) is 0 Å². The van der Waals surface area contributed by atoms with Crippen LogP contribution in [0.15, 0.2) is 67.0 Å². The van der Waals surface area contributed by atoms with E-state index in [2.05, 4.69) is 35.0 Å². The van der Waals surface area contributed by atoms with E-state index in [4.69, 9.17) is 9.47 Å². The second-order valence-corrected chi connectivity index (χ2v) is 6.38. The molecule has 5 nitrogen and oxygen atoms in total. The van der Waals surface area contributed by atoms with Crippen LogP contribution in [0.4, 0.5) is 5.69 Å². The van der Waals surface area contributed by atoms with Gasteiger partial charge in [0.2, 0.25) is 5.91 Å².